The van der Waals surface area contributed by atoms with Crippen LogP contribution in [0.2, 0.25) is 0 Å². The highest BCUT2D eigenvalue weighted by atomic mass is 19.4. The third-order valence-electron chi connectivity index (χ3n) is 4.39. The molecule has 3 atom stereocenters. The van der Waals surface area contributed by atoms with Crippen molar-refractivity contribution in [3.8, 4) is 0 Å². The zero-order valence-corrected chi connectivity index (χ0v) is 13.6. The van der Waals surface area contributed by atoms with E-state index in [2.05, 4.69) is 5.32 Å². The summed E-state index contributed by atoms with van der Waals surface area (Å²) in [5.74, 6) is -4.27. The normalized spacial score (nSPS) is 25.4. The number of carbonyl (C=O) groups is 2. The lowest BCUT2D eigenvalue weighted by Crippen LogP contribution is -2.72. The molecule has 1 saturated heterocycles. The summed E-state index contributed by atoms with van der Waals surface area (Å²) in [7, 11) is 0. The Morgan fingerprint density at radius 3 is 2.22 bits per heavy atom. The molecule has 0 radical (unpaired) electrons. The van der Waals surface area contributed by atoms with Gasteiger partial charge in [0.05, 0.1) is 6.04 Å². The molecule has 2 amide bonds. The molecule has 0 bridgehead atoms. The second-order valence-electron chi connectivity index (χ2n) is 6.07. The van der Waals surface area contributed by atoms with Crippen LogP contribution in [0.15, 0.2) is 54.6 Å². The van der Waals surface area contributed by atoms with E-state index in [1.54, 1.807) is 6.07 Å². The predicted molar refractivity (Wildman–Crippen MR) is 86.1 cm³/mol. The number of hydrogen-bond donors (Lipinski definition) is 3. The highest BCUT2D eigenvalue weighted by Gasteiger charge is 2.66. The van der Waals surface area contributed by atoms with Crippen LogP contribution in [0.4, 0.5) is 22.4 Å². The smallest absolute Gasteiger partial charge is 0.363 e. The van der Waals surface area contributed by atoms with E-state index in [9.17, 15) is 32.3 Å². The van der Waals surface area contributed by atoms with Gasteiger partial charge in [0.1, 0.15) is 11.7 Å². The van der Waals surface area contributed by atoms with Gasteiger partial charge in [-0.05, 0) is 6.07 Å². The van der Waals surface area contributed by atoms with Crippen LogP contribution in [0, 0.1) is 11.7 Å². The molecule has 1 aliphatic rings. The Labute approximate surface area is 151 Å². The Morgan fingerprint density at radius 2 is 1.63 bits per heavy atom. The number of ketones is 1. The summed E-state index contributed by atoms with van der Waals surface area (Å²) in [6, 6.07) is 8.66. The molecule has 0 aromatic heterocycles. The van der Waals surface area contributed by atoms with Crippen molar-refractivity contribution in [3.63, 3.8) is 0 Å². The fourth-order valence-corrected chi connectivity index (χ4v) is 3.11. The molecule has 1 aliphatic heterocycles. The SMILES string of the molecule is O=C1NC(c2ccccc2F)C(C(=O)c2ccccc2)C(O)(C(F)(F)F)N1. The minimum Gasteiger partial charge on any atom is -0.363 e. The highest BCUT2D eigenvalue weighted by molar-refractivity contribution is 6.00. The minimum atomic E-state index is -5.39. The summed E-state index contributed by atoms with van der Waals surface area (Å²) in [5.41, 5.74) is -4.34. The van der Waals surface area contributed by atoms with Crippen molar-refractivity contribution in [2.75, 3.05) is 0 Å². The average Bonchev–Trinajstić information content (AvgIpc) is 2.61. The zero-order chi connectivity index (χ0) is 19.8. The molecule has 1 fully saturated rings. The Hall–Kier alpha value is -2.94. The van der Waals surface area contributed by atoms with E-state index < -0.39 is 41.5 Å². The summed E-state index contributed by atoms with van der Waals surface area (Å²) < 4.78 is 55.3. The number of benzene rings is 2. The molecule has 3 N–H and O–H groups in total. The molecule has 9 heteroatoms. The number of halogens is 4. The molecule has 0 spiro atoms. The molecule has 3 rings (SSSR count). The molecular formula is C18H14F4N2O3. The molecule has 142 valence electrons. The first-order chi connectivity index (χ1) is 12.6. The minimum absolute atomic E-state index is 0.121. The molecule has 1 heterocycles. The Balaban J connectivity index is 2.19. The fourth-order valence-electron chi connectivity index (χ4n) is 3.11. The highest BCUT2D eigenvalue weighted by Crippen LogP contribution is 2.44. The van der Waals surface area contributed by atoms with Gasteiger partial charge < -0.3 is 15.7 Å². The first-order valence-corrected chi connectivity index (χ1v) is 7.86. The van der Waals surface area contributed by atoms with E-state index in [1.807, 2.05) is 0 Å². The summed E-state index contributed by atoms with van der Waals surface area (Å²) in [6.07, 6.45) is -5.39. The third-order valence-corrected chi connectivity index (χ3v) is 4.39. The van der Waals surface area contributed by atoms with Gasteiger partial charge in [0, 0.05) is 11.1 Å². The summed E-state index contributed by atoms with van der Waals surface area (Å²) >= 11 is 0. The Kier molecular flexibility index (Phi) is 4.64. The van der Waals surface area contributed by atoms with Crippen LogP contribution in [0.25, 0.3) is 0 Å². The van der Waals surface area contributed by atoms with E-state index in [-0.39, 0.29) is 11.1 Å². The first kappa shape index (κ1) is 18.8. The van der Waals surface area contributed by atoms with E-state index >= 15 is 0 Å². The standard InChI is InChI=1S/C18H14F4N2O3/c19-12-9-5-4-8-11(12)14-13(15(25)10-6-2-1-3-7-10)17(27,18(20,21)22)24-16(26)23-14/h1-9,13-14,27H,(H2,23,24,26). The molecular weight excluding hydrogens is 368 g/mol. The van der Waals surface area contributed by atoms with Gasteiger partial charge in [0.2, 0.25) is 5.72 Å². The Bertz CT molecular complexity index is 872. The van der Waals surface area contributed by atoms with Crippen molar-refractivity contribution in [2.24, 2.45) is 5.92 Å². The zero-order valence-electron chi connectivity index (χ0n) is 13.6. The molecule has 0 saturated carbocycles. The van der Waals surface area contributed by atoms with Gasteiger partial charge in [-0.2, -0.15) is 13.2 Å². The van der Waals surface area contributed by atoms with E-state index in [0.29, 0.717) is 0 Å². The maximum absolute atomic E-state index is 14.2. The number of urea groups is 1. The van der Waals surface area contributed by atoms with E-state index in [0.717, 1.165) is 12.1 Å². The number of nitrogens with one attached hydrogen (secondary N) is 2. The summed E-state index contributed by atoms with van der Waals surface area (Å²) in [4.78, 5) is 24.7. The number of Topliss-reactive ketones (excluding diaryl/α,β-unsaturated/α-hetero) is 1. The molecule has 0 aliphatic carbocycles. The predicted octanol–water partition coefficient (Wildman–Crippen LogP) is 2.93. The van der Waals surface area contributed by atoms with Crippen molar-refractivity contribution in [1.82, 2.24) is 10.6 Å². The number of aliphatic hydroxyl groups is 1. The van der Waals surface area contributed by atoms with Crippen LogP contribution in [-0.2, 0) is 0 Å². The van der Waals surface area contributed by atoms with E-state index in [1.165, 1.54) is 41.7 Å². The second-order valence-corrected chi connectivity index (χ2v) is 6.07. The lowest BCUT2D eigenvalue weighted by atomic mass is 9.77. The number of rotatable bonds is 3. The van der Waals surface area contributed by atoms with Crippen molar-refractivity contribution in [1.29, 1.82) is 0 Å². The average molecular weight is 382 g/mol. The van der Waals surface area contributed by atoms with Gasteiger partial charge >= 0.3 is 12.2 Å². The lowest BCUT2D eigenvalue weighted by molar-refractivity contribution is -0.287. The molecule has 2 aromatic rings. The Morgan fingerprint density at radius 1 is 1.04 bits per heavy atom. The number of alkyl halides is 3. The third kappa shape index (κ3) is 3.25. The molecule has 3 unspecified atom stereocenters. The summed E-state index contributed by atoms with van der Waals surface area (Å²) in [5, 5.41) is 13.9. The van der Waals surface area contributed by atoms with Crippen LogP contribution < -0.4 is 10.6 Å². The van der Waals surface area contributed by atoms with Crippen LogP contribution >= 0.6 is 0 Å². The number of amides is 2. The molecule has 5 nitrogen and oxygen atoms in total. The van der Waals surface area contributed by atoms with Gasteiger partial charge in [-0.3, -0.25) is 4.79 Å². The van der Waals surface area contributed by atoms with Crippen LogP contribution in [-0.4, -0.2) is 28.8 Å². The van der Waals surface area contributed by atoms with Gasteiger partial charge in [-0.1, -0.05) is 48.5 Å². The fraction of sp³-hybridized carbons (Fsp3) is 0.222. The van der Waals surface area contributed by atoms with Gasteiger partial charge in [-0.15, -0.1) is 0 Å². The quantitative estimate of drug-likeness (QED) is 0.564. The van der Waals surface area contributed by atoms with Gasteiger partial charge in [-0.25, -0.2) is 9.18 Å². The molecule has 2 aromatic carbocycles. The van der Waals surface area contributed by atoms with Crippen molar-refractivity contribution in [2.45, 2.75) is 17.9 Å². The van der Waals surface area contributed by atoms with E-state index in [4.69, 9.17) is 0 Å². The van der Waals surface area contributed by atoms with Crippen molar-refractivity contribution < 1.29 is 32.3 Å². The van der Waals surface area contributed by atoms with Crippen molar-refractivity contribution >= 4 is 11.8 Å². The maximum atomic E-state index is 14.2. The largest absolute Gasteiger partial charge is 0.437 e. The van der Waals surface area contributed by atoms with Gasteiger partial charge in [0.15, 0.2) is 5.78 Å². The number of carbonyl (C=O) groups excluding carboxylic acids is 2. The second kappa shape index (κ2) is 6.66. The van der Waals surface area contributed by atoms with Crippen LogP contribution in [0.1, 0.15) is 22.0 Å². The monoisotopic (exact) mass is 382 g/mol. The first-order valence-electron chi connectivity index (χ1n) is 7.86. The van der Waals surface area contributed by atoms with Crippen LogP contribution in [0.5, 0.6) is 0 Å². The summed E-state index contributed by atoms with van der Waals surface area (Å²) in [6.45, 7) is 0. The lowest BCUT2D eigenvalue weighted by Gasteiger charge is -2.45. The maximum Gasteiger partial charge on any atom is 0.437 e. The topological polar surface area (TPSA) is 78.4 Å². The van der Waals surface area contributed by atoms with Gasteiger partial charge in [0.25, 0.3) is 0 Å². The molecule has 27 heavy (non-hydrogen) atoms. The number of hydrogen-bond acceptors (Lipinski definition) is 3. The van der Waals surface area contributed by atoms with Crippen molar-refractivity contribution in [3.05, 3.63) is 71.5 Å². The van der Waals surface area contributed by atoms with Crippen LogP contribution in [0.3, 0.4) is 0 Å².